The van der Waals surface area contributed by atoms with E-state index < -0.39 is 24.0 Å². The van der Waals surface area contributed by atoms with Gasteiger partial charge in [-0.2, -0.15) is 11.8 Å². The molecule has 2 amide bonds. The minimum atomic E-state index is -1.35. The molecule has 1 aromatic carbocycles. The molecule has 0 saturated carbocycles. The molecular formula is C16H25N3O3S. The van der Waals surface area contributed by atoms with Crippen molar-refractivity contribution in [3.8, 4) is 0 Å². The fourth-order valence-electron chi connectivity index (χ4n) is 1.86. The first-order chi connectivity index (χ1) is 10.9. The van der Waals surface area contributed by atoms with Gasteiger partial charge in [0.2, 0.25) is 0 Å². The summed E-state index contributed by atoms with van der Waals surface area (Å²) in [6, 6.07) is 4.59. The lowest BCUT2D eigenvalue weighted by Gasteiger charge is -2.18. The predicted molar refractivity (Wildman–Crippen MR) is 93.1 cm³/mol. The largest absolute Gasteiger partial charge is 0.382 e. The van der Waals surface area contributed by atoms with Crippen molar-refractivity contribution in [1.82, 2.24) is 10.9 Å². The number of hydrogen-bond acceptors (Lipinski definition) is 5. The normalized spacial score (nSPS) is 13.3. The molecule has 7 heteroatoms. The van der Waals surface area contributed by atoms with Crippen LogP contribution in [0.1, 0.15) is 34.8 Å². The number of carbonyl (C=O) groups is 2. The molecule has 2 atom stereocenters. The quantitative estimate of drug-likeness (QED) is 0.436. The summed E-state index contributed by atoms with van der Waals surface area (Å²) in [5.41, 5.74) is 12.8. The van der Waals surface area contributed by atoms with Gasteiger partial charge in [0.15, 0.2) is 0 Å². The molecule has 0 radical (unpaired) electrons. The lowest BCUT2D eigenvalue weighted by atomic mass is 10.1. The zero-order chi connectivity index (χ0) is 17.4. The summed E-state index contributed by atoms with van der Waals surface area (Å²) in [5.74, 6) is 0.581. The molecule has 0 bridgehead atoms. The zero-order valence-electron chi connectivity index (χ0n) is 13.8. The average Bonchev–Trinajstić information content (AvgIpc) is 2.54. The second-order valence-corrected chi connectivity index (χ2v) is 6.73. The Hall–Kier alpha value is -1.57. The van der Waals surface area contributed by atoms with E-state index in [1.807, 2.05) is 26.8 Å². The molecule has 0 saturated heterocycles. The Labute approximate surface area is 141 Å². The number of aliphatic hydroxyl groups is 1. The van der Waals surface area contributed by atoms with Crippen LogP contribution in [0.4, 0.5) is 0 Å². The van der Waals surface area contributed by atoms with Gasteiger partial charge >= 0.3 is 0 Å². The minimum Gasteiger partial charge on any atom is -0.382 e. The van der Waals surface area contributed by atoms with Gasteiger partial charge in [-0.1, -0.05) is 13.0 Å². The number of hydrazine groups is 1. The topological polar surface area (TPSA) is 104 Å². The fraction of sp³-hybridized carbons (Fsp3) is 0.500. The number of aliphatic hydroxyl groups excluding tert-OH is 1. The van der Waals surface area contributed by atoms with Crippen molar-refractivity contribution in [2.45, 2.75) is 39.3 Å². The van der Waals surface area contributed by atoms with Crippen molar-refractivity contribution >= 4 is 23.6 Å². The monoisotopic (exact) mass is 339 g/mol. The van der Waals surface area contributed by atoms with Gasteiger partial charge in [0.1, 0.15) is 6.10 Å². The number of benzene rings is 1. The van der Waals surface area contributed by atoms with E-state index in [-0.39, 0.29) is 0 Å². The molecule has 0 aliphatic heterocycles. The van der Waals surface area contributed by atoms with Gasteiger partial charge < -0.3 is 10.8 Å². The van der Waals surface area contributed by atoms with E-state index in [0.29, 0.717) is 12.0 Å². The second-order valence-electron chi connectivity index (χ2n) is 5.34. The fourth-order valence-corrected chi connectivity index (χ4v) is 2.59. The number of aryl methyl sites for hydroxylation is 2. The van der Waals surface area contributed by atoms with Crippen LogP contribution < -0.4 is 16.6 Å². The van der Waals surface area contributed by atoms with E-state index in [2.05, 4.69) is 10.9 Å². The third-order valence-corrected chi connectivity index (χ3v) is 4.47. The molecule has 0 fully saturated rings. The first kappa shape index (κ1) is 19.5. The van der Waals surface area contributed by atoms with Crippen LogP contribution in [-0.4, -0.2) is 40.6 Å². The zero-order valence-corrected chi connectivity index (χ0v) is 14.6. The Morgan fingerprint density at radius 1 is 1.26 bits per heavy atom. The van der Waals surface area contributed by atoms with Crippen LogP contribution in [0.5, 0.6) is 0 Å². The summed E-state index contributed by atoms with van der Waals surface area (Å²) in [6.07, 6.45) is -0.828. The van der Waals surface area contributed by atoms with Crippen molar-refractivity contribution in [1.29, 1.82) is 0 Å². The Balaban J connectivity index is 2.48. The second kappa shape index (κ2) is 9.54. The molecule has 0 aromatic heterocycles. The molecule has 0 spiro atoms. The smallest absolute Gasteiger partial charge is 0.269 e. The number of nitrogens with one attached hydrogen (secondary N) is 2. The van der Waals surface area contributed by atoms with Gasteiger partial charge in [0.25, 0.3) is 11.8 Å². The Kier molecular flexibility index (Phi) is 8.08. The van der Waals surface area contributed by atoms with E-state index in [4.69, 9.17) is 5.73 Å². The first-order valence-electron chi connectivity index (χ1n) is 7.55. The molecule has 1 aromatic rings. The molecule has 23 heavy (non-hydrogen) atoms. The third kappa shape index (κ3) is 6.21. The Bertz CT molecular complexity index is 551. The van der Waals surface area contributed by atoms with Gasteiger partial charge in [-0.25, -0.2) is 0 Å². The van der Waals surface area contributed by atoms with Crippen LogP contribution >= 0.6 is 11.8 Å². The van der Waals surface area contributed by atoms with Gasteiger partial charge in [-0.05, 0) is 55.0 Å². The lowest BCUT2D eigenvalue weighted by Crippen LogP contribution is -2.52. The van der Waals surface area contributed by atoms with E-state index in [9.17, 15) is 14.7 Å². The highest BCUT2D eigenvalue weighted by Gasteiger charge is 2.23. The molecule has 1 unspecified atom stereocenters. The Morgan fingerprint density at radius 3 is 2.57 bits per heavy atom. The Morgan fingerprint density at radius 2 is 1.96 bits per heavy atom. The number of carbonyl (C=O) groups excluding carboxylic acids is 2. The highest BCUT2D eigenvalue weighted by atomic mass is 32.2. The average molecular weight is 339 g/mol. The highest BCUT2D eigenvalue weighted by Crippen LogP contribution is 2.09. The molecular weight excluding hydrogens is 314 g/mol. The first-order valence-corrected chi connectivity index (χ1v) is 8.71. The summed E-state index contributed by atoms with van der Waals surface area (Å²) in [4.78, 5) is 23.8. The van der Waals surface area contributed by atoms with E-state index in [1.165, 1.54) is 0 Å². The third-order valence-electron chi connectivity index (χ3n) is 3.54. The summed E-state index contributed by atoms with van der Waals surface area (Å²) >= 11 is 1.69. The van der Waals surface area contributed by atoms with Crippen LogP contribution in [0.3, 0.4) is 0 Å². The minimum absolute atomic E-state index is 0.437. The van der Waals surface area contributed by atoms with Gasteiger partial charge in [-0.15, -0.1) is 0 Å². The maximum absolute atomic E-state index is 12.0. The molecule has 0 heterocycles. The summed E-state index contributed by atoms with van der Waals surface area (Å²) in [7, 11) is 0. The lowest BCUT2D eigenvalue weighted by molar-refractivity contribution is -0.131. The van der Waals surface area contributed by atoms with Crippen LogP contribution in [0.25, 0.3) is 0 Å². The number of amides is 2. The molecule has 1 rings (SSSR count). The van der Waals surface area contributed by atoms with E-state index in [1.54, 1.807) is 23.9 Å². The van der Waals surface area contributed by atoms with Crippen molar-refractivity contribution in [2.24, 2.45) is 5.73 Å². The highest BCUT2D eigenvalue weighted by molar-refractivity contribution is 7.99. The van der Waals surface area contributed by atoms with Crippen LogP contribution in [-0.2, 0) is 4.79 Å². The molecule has 0 aliphatic rings. The SMILES string of the molecule is CCSCC[C@@H](N)C(O)C(=O)NNC(=O)c1ccc(C)c(C)c1. The van der Waals surface area contributed by atoms with Crippen molar-refractivity contribution in [3.05, 3.63) is 34.9 Å². The molecule has 128 valence electrons. The summed E-state index contributed by atoms with van der Waals surface area (Å²) < 4.78 is 0. The van der Waals surface area contributed by atoms with Gasteiger partial charge in [0, 0.05) is 11.6 Å². The van der Waals surface area contributed by atoms with E-state index >= 15 is 0 Å². The number of nitrogens with two attached hydrogens (primary N) is 1. The number of rotatable bonds is 7. The maximum Gasteiger partial charge on any atom is 0.269 e. The van der Waals surface area contributed by atoms with Crippen LogP contribution in [0.15, 0.2) is 18.2 Å². The van der Waals surface area contributed by atoms with Crippen molar-refractivity contribution in [2.75, 3.05) is 11.5 Å². The number of thioether (sulfide) groups is 1. The molecule has 0 aliphatic carbocycles. The van der Waals surface area contributed by atoms with E-state index in [0.717, 1.165) is 22.6 Å². The van der Waals surface area contributed by atoms with Gasteiger partial charge in [-0.3, -0.25) is 20.4 Å². The molecule has 5 N–H and O–H groups in total. The maximum atomic E-state index is 12.0. The van der Waals surface area contributed by atoms with Crippen LogP contribution in [0.2, 0.25) is 0 Å². The molecule has 6 nitrogen and oxygen atoms in total. The summed E-state index contributed by atoms with van der Waals surface area (Å²) in [6.45, 7) is 5.89. The predicted octanol–water partition coefficient (Wildman–Crippen LogP) is 0.896. The van der Waals surface area contributed by atoms with Gasteiger partial charge in [0.05, 0.1) is 0 Å². The number of hydrogen-bond donors (Lipinski definition) is 4. The standard InChI is InChI=1S/C16H25N3O3S/c1-4-23-8-7-13(17)14(20)16(22)19-18-15(21)12-6-5-10(2)11(3)9-12/h5-6,9,13-14,20H,4,7-8,17H2,1-3H3,(H,18,21)(H,19,22)/t13-,14?/m1/s1. The van der Waals surface area contributed by atoms with Crippen molar-refractivity contribution < 1.29 is 14.7 Å². The van der Waals surface area contributed by atoms with Crippen LogP contribution in [0, 0.1) is 13.8 Å². The van der Waals surface area contributed by atoms with Crippen molar-refractivity contribution in [3.63, 3.8) is 0 Å². The summed E-state index contributed by atoms with van der Waals surface area (Å²) in [5, 5.41) is 9.85.